The molecule has 0 fully saturated rings. The monoisotopic (exact) mass is 221 g/mol. The Balaban J connectivity index is 2.51. The second-order valence-electron chi connectivity index (χ2n) is 3.91. The van der Waals surface area contributed by atoms with Gasteiger partial charge in [0, 0.05) is 12.4 Å². The molecule has 0 aromatic carbocycles. The van der Waals surface area contributed by atoms with Crippen molar-refractivity contribution >= 4 is 5.91 Å². The molecule has 0 radical (unpaired) electrons. The summed E-state index contributed by atoms with van der Waals surface area (Å²) in [6, 6.07) is 3.32. The molecule has 1 unspecified atom stereocenters. The lowest BCUT2D eigenvalue weighted by atomic mass is 10.1. The van der Waals surface area contributed by atoms with Crippen LogP contribution in [0, 0.1) is 0 Å². The van der Waals surface area contributed by atoms with Crippen LogP contribution in [0.3, 0.4) is 0 Å². The maximum absolute atomic E-state index is 11.7. The van der Waals surface area contributed by atoms with E-state index in [0.29, 0.717) is 6.42 Å². The van der Waals surface area contributed by atoms with Crippen molar-refractivity contribution in [1.82, 2.24) is 10.3 Å². The predicted molar refractivity (Wildman–Crippen MR) is 63.7 cm³/mol. The SMILES string of the molecule is CCCC(N)C(=O)N[C@@H](C)c1cccnc1. The zero-order valence-electron chi connectivity index (χ0n) is 9.81. The highest BCUT2D eigenvalue weighted by Gasteiger charge is 2.15. The molecule has 0 saturated heterocycles. The second-order valence-corrected chi connectivity index (χ2v) is 3.91. The van der Waals surface area contributed by atoms with Crippen LogP contribution in [0.15, 0.2) is 24.5 Å². The van der Waals surface area contributed by atoms with Gasteiger partial charge in [0.1, 0.15) is 0 Å². The lowest BCUT2D eigenvalue weighted by molar-refractivity contribution is -0.123. The fourth-order valence-corrected chi connectivity index (χ4v) is 1.48. The summed E-state index contributed by atoms with van der Waals surface area (Å²) >= 11 is 0. The predicted octanol–water partition coefficient (Wildman–Crippen LogP) is 1.39. The van der Waals surface area contributed by atoms with Gasteiger partial charge in [-0.25, -0.2) is 0 Å². The van der Waals surface area contributed by atoms with E-state index in [4.69, 9.17) is 5.73 Å². The lowest BCUT2D eigenvalue weighted by Crippen LogP contribution is -2.41. The minimum atomic E-state index is -0.413. The molecule has 1 heterocycles. The van der Waals surface area contributed by atoms with Crippen molar-refractivity contribution in [2.24, 2.45) is 5.73 Å². The fraction of sp³-hybridized carbons (Fsp3) is 0.500. The Labute approximate surface area is 96.3 Å². The summed E-state index contributed by atoms with van der Waals surface area (Å²) in [5.41, 5.74) is 6.71. The minimum Gasteiger partial charge on any atom is -0.348 e. The topological polar surface area (TPSA) is 68.0 Å². The molecule has 2 atom stereocenters. The van der Waals surface area contributed by atoms with Crippen molar-refractivity contribution in [2.75, 3.05) is 0 Å². The third-order valence-corrected chi connectivity index (χ3v) is 2.48. The van der Waals surface area contributed by atoms with E-state index in [9.17, 15) is 4.79 Å². The van der Waals surface area contributed by atoms with Crippen LogP contribution in [0.4, 0.5) is 0 Å². The first-order valence-electron chi connectivity index (χ1n) is 5.61. The zero-order valence-corrected chi connectivity index (χ0v) is 9.81. The molecule has 0 spiro atoms. The number of carbonyl (C=O) groups excluding carboxylic acids is 1. The summed E-state index contributed by atoms with van der Waals surface area (Å²) in [5.74, 6) is -0.0989. The molecule has 0 saturated carbocycles. The molecule has 1 aromatic rings. The van der Waals surface area contributed by atoms with Gasteiger partial charge in [-0.15, -0.1) is 0 Å². The number of hydrogen-bond donors (Lipinski definition) is 2. The van der Waals surface area contributed by atoms with Gasteiger partial charge >= 0.3 is 0 Å². The molecule has 3 N–H and O–H groups in total. The molecule has 1 rings (SSSR count). The molecule has 16 heavy (non-hydrogen) atoms. The Bertz CT molecular complexity index is 326. The van der Waals surface area contributed by atoms with Gasteiger partial charge in [0.05, 0.1) is 12.1 Å². The number of hydrogen-bond acceptors (Lipinski definition) is 3. The first-order valence-corrected chi connectivity index (χ1v) is 5.61. The Kier molecular flexibility index (Phi) is 4.92. The summed E-state index contributed by atoms with van der Waals surface area (Å²) < 4.78 is 0. The highest BCUT2D eigenvalue weighted by molar-refractivity contribution is 5.81. The van der Waals surface area contributed by atoms with Gasteiger partial charge in [0.25, 0.3) is 0 Å². The number of aromatic nitrogens is 1. The Morgan fingerprint density at radius 2 is 2.38 bits per heavy atom. The average Bonchev–Trinajstić information content (AvgIpc) is 2.30. The molecular formula is C12H19N3O. The standard InChI is InChI=1S/C12H19N3O/c1-3-5-11(13)12(16)15-9(2)10-6-4-7-14-8-10/h4,6-9,11H,3,5,13H2,1-2H3,(H,15,16)/t9-,11?/m0/s1. The number of pyridine rings is 1. The number of nitrogens with two attached hydrogens (primary N) is 1. The van der Waals surface area contributed by atoms with Crippen LogP contribution < -0.4 is 11.1 Å². The Morgan fingerprint density at radius 3 is 2.94 bits per heavy atom. The first-order chi connectivity index (χ1) is 7.65. The van der Waals surface area contributed by atoms with E-state index in [1.54, 1.807) is 12.4 Å². The minimum absolute atomic E-state index is 0.0518. The lowest BCUT2D eigenvalue weighted by Gasteiger charge is -2.17. The van der Waals surface area contributed by atoms with E-state index in [-0.39, 0.29) is 11.9 Å². The van der Waals surface area contributed by atoms with Gasteiger partial charge in [-0.1, -0.05) is 19.4 Å². The van der Waals surface area contributed by atoms with E-state index >= 15 is 0 Å². The van der Waals surface area contributed by atoms with Crippen molar-refractivity contribution in [2.45, 2.75) is 38.8 Å². The molecule has 0 aliphatic carbocycles. The zero-order chi connectivity index (χ0) is 12.0. The summed E-state index contributed by atoms with van der Waals surface area (Å²) in [6.07, 6.45) is 5.08. The fourth-order valence-electron chi connectivity index (χ4n) is 1.48. The molecular weight excluding hydrogens is 202 g/mol. The summed E-state index contributed by atoms with van der Waals surface area (Å²) in [7, 11) is 0. The highest BCUT2D eigenvalue weighted by Crippen LogP contribution is 2.10. The Morgan fingerprint density at radius 1 is 1.62 bits per heavy atom. The summed E-state index contributed by atoms with van der Waals surface area (Å²) in [6.45, 7) is 3.94. The van der Waals surface area contributed by atoms with Crippen LogP contribution >= 0.6 is 0 Å². The third-order valence-electron chi connectivity index (χ3n) is 2.48. The molecule has 0 bridgehead atoms. The van der Waals surface area contributed by atoms with Crippen LogP contribution in [-0.4, -0.2) is 16.9 Å². The van der Waals surface area contributed by atoms with Gasteiger partial charge < -0.3 is 11.1 Å². The molecule has 0 aliphatic rings. The first kappa shape index (κ1) is 12.6. The normalized spacial score (nSPS) is 14.2. The van der Waals surface area contributed by atoms with Crippen LogP contribution in [0.2, 0.25) is 0 Å². The van der Waals surface area contributed by atoms with Crippen LogP contribution in [0.1, 0.15) is 38.3 Å². The van der Waals surface area contributed by atoms with E-state index in [1.807, 2.05) is 26.0 Å². The summed E-state index contributed by atoms with van der Waals surface area (Å²) in [5, 5.41) is 2.88. The molecule has 88 valence electrons. The van der Waals surface area contributed by atoms with Crippen LogP contribution in [0.25, 0.3) is 0 Å². The van der Waals surface area contributed by atoms with Crippen molar-refractivity contribution in [3.8, 4) is 0 Å². The van der Waals surface area contributed by atoms with Gasteiger partial charge in [0.15, 0.2) is 0 Å². The van der Waals surface area contributed by atoms with Crippen LogP contribution in [0.5, 0.6) is 0 Å². The van der Waals surface area contributed by atoms with Gasteiger partial charge in [-0.2, -0.15) is 0 Å². The van der Waals surface area contributed by atoms with Gasteiger partial charge in [-0.05, 0) is 25.0 Å². The highest BCUT2D eigenvalue weighted by atomic mass is 16.2. The van der Waals surface area contributed by atoms with Gasteiger partial charge in [0.2, 0.25) is 5.91 Å². The van der Waals surface area contributed by atoms with Crippen molar-refractivity contribution in [1.29, 1.82) is 0 Å². The van der Waals surface area contributed by atoms with E-state index in [1.165, 1.54) is 0 Å². The van der Waals surface area contributed by atoms with Gasteiger partial charge in [-0.3, -0.25) is 9.78 Å². The van der Waals surface area contributed by atoms with Crippen molar-refractivity contribution in [3.63, 3.8) is 0 Å². The largest absolute Gasteiger partial charge is 0.348 e. The maximum atomic E-state index is 11.7. The van der Waals surface area contributed by atoms with E-state index in [0.717, 1.165) is 12.0 Å². The van der Waals surface area contributed by atoms with E-state index in [2.05, 4.69) is 10.3 Å². The number of carbonyl (C=O) groups is 1. The van der Waals surface area contributed by atoms with E-state index < -0.39 is 6.04 Å². The molecule has 4 heteroatoms. The average molecular weight is 221 g/mol. The quantitative estimate of drug-likeness (QED) is 0.789. The third kappa shape index (κ3) is 3.62. The van der Waals surface area contributed by atoms with Crippen molar-refractivity contribution < 1.29 is 4.79 Å². The number of rotatable bonds is 5. The number of amides is 1. The van der Waals surface area contributed by atoms with Crippen LogP contribution in [-0.2, 0) is 4.79 Å². The maximum Gasteiger partial charge on any atom is 0.237 e. The van der Waals surface area contributed by atoms with Crippen molar-refractivity contribution in [3.05, 3.63) is 30.1 Å². The summed E-state index contributed by atoms with van der Waals surface area (Å²) in [4.78, 5) is 15.7. The molecule has 0 aliphatic heterocycles. The molecule has 1 amide bonds. The smallest absolute Gasteiger partial charge is 0.237 e. The molecule has 4 nitrogen and oxygen atoms in total. The number of nitrogens with zero attached hydrogens (tertiary/aromatic N) is 1. The Hall–Kier alpha value is -1.42. The molecule has 1 aromatic heterocycles. The number of nitrogens with one attached hydrogen (secondary N) is 1. The second kappa shape index (κ2) is 6.23.